The van der Waals surface area contributed by atoms with Gasteiger partial charge in [-0.1, -0.05) is 30.0 Å². The number of aliphatic imine (C=N–C) groups is 1. The third-order valence-corrected chi connectivity index (χ3v) is 4.10. The van der Waals surface area contributed by atoms with E-state index in [0.717, 1.165) is 11.8 Å². The van der Waals surface area contributed by atoms with Crippen molar-refractivity contribution in [1.82, 2.24) is 5.32 Å². The molecule has 1 fully saturated rings. The normalized spacial score (nSPS) is 20.6. The van der Waals surface area contributed by atoms with Crippen molar-refractivity contribution in [3.8, 4) is 0 Å². The molecule has 6 heteroatoms. The molecule has 2 rings (SSSR count). The smallest absolute Gasteiger partial charge is 0.359 e. The summed E-state index contributed by atoms with van der Waals surface area (Å²) in [4.78, 5) is 4.23. The number of halogens is 3. The zero-order chi connectivity index (χ0) is 14.1. The van der Waals surface area contributed by atoms with Gasteiger partial charge in [-0.15, -0.1) is 0 Å². The summed E-state index contributed by atoms with van der Waals surface area (Å²) in [5.41, 5.74) is -0.455. The molecule has 1 aromatic rings. The third kappa shape index (κ3) is 3.65. The number of thioether (sulfide) groups is 1. The summed E-state index contributed by atoms with van der Waals surface area (Å²) < 4.78 is 38.4. The molecule has 0 amide bonds. The van der Waals surface area contributed by atoms with Crippen LogP contribution in [0.3, 0.4) is 0 Å². The first kappa shape index (κ1) is 14.2. The Morgan fingerprint density at radius 3 is 2.58 bits per heavy atom. The fraction of sp³-hybridized carbons (Fsp3) is 0.462. The van der Waals surface area contributed by atoms with E-state index >= 15 is 0 Å². The van der Waals surface area contributed by atoms with E-state index in [4.69, 9.17) is 0 Å². The minimum absolute atomic E-state index is 0.0428. The van der Waals surface area contributed by atoms with Crippen LogP contribution in [0.1, 0.15) is 25.0 Å². The fourth-order valence-corrected chi connectivity index (χ4v) is 2.86. The van der Waals surface area contributed by atoms with E-state index in [9.17, 15) is 13.2 Å². The largest absolute Gasteiger partial charge is 0.416 e. The van der Waals surface area contributed by atoms with Gasteiger partial charge in [0, 0.05) is 11.3 Å². The van der Waals surface area contributed by atoms with E-state index in [1.165, 1.54) is 23.9 Å². The summed E-state index contributed by atoms with van der Waals surface area (Å²) in [7, 11) is 0. The molecular weight excluding hydrogens is 273 g/mol. The van der Waals surface area contributed by atoms with Crippen molar-refractivity contribution in [2.45, 2.75) is 32.1 Å². The van der Waals surface area contributed by atoms with Crippen LogP contribution in [0.2, 0.25) is 0 Å². The number of rotatable bonds is 2. The Balaban J connectivity index is 2.15. The zero-order valence-corrected chi connectivity index (χ0v) is 11.5. The second-order valence-corrected chi connectivity index (χ2v) is 6.04. The van der Waals surface area contributed by atoms with Crippen LogP contribution in [0.4, 0.5) is 13.2 Å². The number of benzene rings is 1. The Morgan fingerprint density at radius 2 is 2.00 bits per heavy atom. The predicted octanol–water partition coefficient (Wildman–Crippen LogP) is 3.68. The highest BCUT2D eigenvalue weighted by atomic mass is 32.2. The van der Waals surface area contributed by atoms with E-state index in [0.29, 0.717) is 5.17 Å². The average Bonchev–Trinajstić information content (AvgIpc) is 2.66. The highest BCUT2D eigenvalue weighted by molar-refractivity contribution is 8.14. The predicted molar refractivity (Wildman–Crippen MR) is 72.3 cm³/mol. The molecule has 0 unspecified atom stereocenters. The van der Waals surface area contributed by atoms with Crippen LogP contribution in [-0.2, 0) is 12.7 Å². The fourth-order valence-electron chi connectivity index (χ4n) is 1.79. The molecule has 2 nitrogen and oxygen atoms in total. The molecule has 0 bridgehead atoms. The summed E-state index contributed by atoms with van der Waals surface area (Å²) >= 11 is 1.54. The van der Waals surface area contributed by atoms with Crippen molar-refractivity contribution in [3.05, 3.63) is 35.4 Å². The third-order valence-electron chi connectivity index (χ3n) is 2.73. The van der Waals surface area contributed by atoms with Crippen LogP contribution in [0.15, 0.2) is 29.3 Å². The lowest BCUT2D eigenvalue weighted by Gasteiger charge is -2.16. The summed E-state index contributed by atoms with van der Waals surface area (Å²) in [6, 6.07) is 5.56. The molecule has 1 aliphatic heterocycles. The Kier molecular flexibility index (Phi) is 3.80. The maximum absolute atomic E-state index is 12.8. The van der Waals surface area contributed by atoms with Gasteiger partial charge in [0.05, 0.1) is 12.1 Å². The number of hydrogen-bond acceptors (Lipinski definition) is 2. The molecule has 0 aromatic heterocycles. The monoisotopic (exact) mass is 288 g/mol. The maximum atomic E-state index is 12.8. The highest BCUT2D eigenvalue weighted by Gasteiger charge is 2.33. The molecule has 104 valence electrons. The minimum atomic E-state index is -4.33. The van der Waals surface area contributed by atoms with Crippen LogP contribution in [0.25, 0.3) is 0 Å². The molecule has 0 atom stereocenters. The molecule has 19 heavy (non-hydrogen) atoms. The van der Waals surface area contributed by atoms with Gasteiger partial charge in [0.2, 0.25) is 0 Å². The van der Waals surface area contributed by atoms with Crippen molar-refractivity contribution in [2.75, 3.05) is 5.75 Å². The van der Waals surface area contributed by atoms with Gasteiger partial charge >= 0.3 is 6.18 Å². The van der Waals surface area contributed by atoms with Crippen LogP contribution in [-0.4, -0.2) is 16.5 Å². The van der Waals surface area contributed by atoms with E-state index in [1.54, 1.807) is 6.07 Å². The lowest BCUT2D eigenvalue weighted by atomic mass is 10.1. The van der Waals surface area contributed by atoms with Gasteiger partial charge in [0.15, 0.2) is 5.17 Å². The maximum Gasteiger partial charge on any atom is 0.416 e. The molecule has 0 spiro atoms. The molecule has 0 radical (unpaired) electrons. The first-order chi connectivity index (χ1) is 8.78. The number of hydrogen-bond donors (Lipinski definition) is 1. The first-order valence-electron chi connectivity index (χ1n) is 5.88. The standard InChI is InChI=1S/C13H15F3N2S/c1-12(2)8-19-11(18-12)17-7-9-5-3-4-6-10(9)13(14,15)16/h3-6H,7-8H2,1-2H3,(H,17,18). The number of nitrogens with zero attached hydrogens (tertiary/aromatic N) is 1. The van der Waals surface area contributed by atoms with Crippen molar-refractivity contribution in [3.63, 3.8) is 0 Å². The van der Waals surface area contributed by atoms with Crippen molar-refractivity contribution in [2.24, 2.45) is 4.99 Å². The quantitative estimate of drug-likeness (QED) is 0.898. The van der Waals surface area contributed by atoms with Crippen LogP contribution in [0, 0.1) is 0 Å². The van der Waals surface area contributed by atoms with Crippen LogP contribution in [0.5, 0.6) is 0 Å². The summed E-state index contributed by atoms with van der Waals surface area (Å²) in [5, 5.41) is 3.90. The SMILES string of the molecule is CC1(C)CSC(=NCc2ccccc2C(F)(F)F)N1. The Hall–Kier alpha value is -1.17. The molecule has 1 saturated heterocycles. The van der Waals surface area contributed by atoms with Crippen molar-refractivity contribution in [1.29, 1.82) is 0 Å². The van der Waals surface area contributed by atoms with Crippen LogP contribution < -0.4 is 5.32 Å². The number of nitrogens with one attached hydrogen (secondary N) is 1. The van der Waals surface area contributed by atoms with E-state index in [2.05, 4.69) is 10.3 Å². The van der Waals surface area contributed by atoms with Crippen molar-refractivity contribution < 1.29 is 13.2 Å². The molecule has 1 aromatic carbocycles. The van der Waals surface area contributed by atoms with Gasteiger partial charge in [0.25, 0.3) is 0 Å². The highest BCUT2D eigenvalue weighted by Crippen LogP contribution is 2.32. The van der Waals surface area contributed by atoms with Gasteiger partial charge in [-0.2, -0.15) is 13.2 Å². The van der Waals surface area contributed by atoms with Gasteiger partial charge in [0.1, 0.15) is 0 Å². The van der Waals surface area contributed by atoms with Gasteiger partial charge < -0.3 is 5.32 Å². The van der Waals surface area contributed by atoms with E-state index < -0.39 is 11.7 Å². The molecular formula is C13H15F3N2S. The lowest BCUT2D eigenvalue weighted by molar-refractivity contribution is -0.138. The molecule has 1 aliphatic rings. The Bertz CT molecular complexity index is 495. The Labute approximate surface area is 114 Å². The van der Waals surface area contributed by atoms with Gasteiger partial charge in [-0.25, -0.2) is 0 Å². The molecule has 0 saturated carbocycles. The van der Waals surface area contributed by atoms with E-state index in [-0.39, 0.29) is 17.6 Å². The van der Waals surface area contributed by atoms with Crippen LogP contribution >= 0.6 is 11.8 Å². The summed E-state index contributed by atoms with van der Waals surface area (Å²) in [6.07, 6.45) is -4.33. The zero-order valence-electron chi connectivity index (χ0n) is 10.7. The average molecular weight is 288 g/mol. The lowest BCUT2D eigenvalue weighted by Crippen LogP contribution is -2.36. The minimum Gasteiger partial charge on any atom is -0.359 e. The van der Waals surface area contributed by atoms with Gasteiger partial charge in [-0.3, -0.25) is 4.99 Å². The summed E-state index contributed by atoms with van der Waals surface area (Å²) in [6.45, 7) is 4.11. The van der Waals surface area contributed by atoms with Crippen molar-refractivity contribution >= 4 is 16.9 Å². The number of alkyl halides is 3. The van der Waals surface area contributed by atoms with Gasteiger partial charge in [-0.05, 0) is 25.5 Å². The second kappa shape index (κ2) is 5.07. The number of amidine groups is 1. The topological polar surface area (TPSA) is 24.4 Å². The molecule has 0 aliphatic carbocycles. The second-order valence-electron chi connectivity index (χ2n) is 5.07. The van der Waals surface area contributed by atoms with E-state index in [1.807, 2.05) is 13.8 Å². The summed E-state index contributed by atoms with van der Waals surface area (Å²) in [5.74, 6) is 0.868. The molecule has 1 heterocycles. The first-order valence-corrected chi connectivity index (χ1v) is 6.87. The molecule has 1 N–H and O–H groups in total. The Morgan fingerprint density at radius 1 is 1.32 bits per heavy atom.